The molecule has 0 N–H and O–H groups in total. The molecule has 0 atom stereocenters. The first-order chi connectivity index (χ1) is 7.95. The number of carbonyl (C=O) groups excluding carboxylic acids is 1. The smallest absolute Gasteiger partial charge is 0.257 e. The van der Waals surface area contributed by atoms with E-state index >= 15 is 0 Å². The molecule has 0 bridgehead atoms. The van der Waals surface area contributed by atoms with Gasteiger partial charge in [-0.15, -0.1) is 0 Å². The van der Waals surface area contributed by atoms with Crippen LogP contribution in [0.3, 0.4) is 0 Å². The lowest BCUT2D eigenvalue weighted by molar-refractivity contribution is 0.0571. The SMILES string of the molecule is Cc1cc(C(=O)N(CCBr)CC(F)F)c(C)o1. The van der Waals surface area contributed by atoms with E-state index in [1.54, 1.807) is 19.9 Å². The molecule has 0 aliphatic carbocycles. The Hall–Kier alpha value is -0.910. The molecular formula is C11H14BrF2NO2. The monoisotopic (exact) mass is 309 g/mol. The van der Waals surface area contributed by atoms with Crippen LogP contribution < -0.4 is 0 Å². The molecule has 1 aromatic rings. The van der Waals surface area contributed by atoms with Crippen LogP contribution in [0.15, 0.2) is 10.5 Å². The highest BCUT2D eigenvalue weighted by molar-refractivity contribution is 9.09. The highest BCUT2D eigenvalue weighted by Gasteiger charge is 2.22. The molecule has 0 aliphatic heterocycles. The number of amides is 1. The molecule has 96 valence electrons. The second kappa shape index (κ2) is 6.14. The molecule has 0 aromatic carbocycles. The zero-order chi connectivity index (χ0) is 13.0. The molecule has 0 saturated heterocycles. The Morgan fingerprint density at radius 3 is 2.59 bits per heavy atom. The van der Waals surface area contributed by atoms with Gasteiger partial charge in [0, 0.05) is 11.9 Å². The van der Waals surface area contributed by atoms with Gasteiger partial charge in [0.2, 0.25) is 0 Å². The predicted molar refractivity (Wildman–Crippen MR) is 63.9 cm³/mol. The second-order valence-electron chi connectivity index (χ2n) is 3.66. The molecule has 0 fully saturated rings. The summed E-state index contributed by atoms with van der Waals surface area (Å²) in [5.41, 5.74) is 0.351. The van der Waals surface area contributed by atoms with E-state index < -0.39 is 18.9 Å². The van der Waals surface area contributed by atoms with Gasteiger partial charge in [-0.1, -0.05) is 15.9 Å². The molecule has 0 spiro atoms. The fourth-order valence-corrected chi connectivity index (χ4v) is 1.99. The number of nitrogens with zero attached hydrogens (tertiary/aromatic N) is 1. The van der Waals surface area contributed by atoms with E-state index in [9.17, 15) is 13.6 Å². The number of rotatable bonds is 5. The summed E-state index contributed by atoms with van der Waals surface area (Å²) in [7, 11) is 0. The van der Waals surface area contributed by atoms with E-state index in [0.717, 1.165) is 4.90 Å². The van der Waals surface area contributed by atoms with Crippen molar-refractivity contribution in [2.24, 2.45) is 0 Å². The zero-order valence-corrected chi connectivity index (χ0v) is 11.3. The molecule has 1 amide bonds. The quantitative estimate of drug-likeness (QED) is 0.783. The molecule has 1 aromatic heterocycles. The van der Waals surface area contributed by atoms with Crippen molar-refractivity contribution in [3.05, 3.63) is 23.2 Å². The van der Waals surface area contributed by atoms with Crippen LogP contribution in [0.4, 0.5) is 8.78 Å². The number of furan rings is 1. The third-order valence-corrected chi connectivity index (χ3v) is 2.63. The highest BCUT2D eigenvalue weighted by atomic mass is 79.9. The molecule has 0 radical (unpaired) electrons. The van der Waals surface area contributed by atoms with Gasteiger partial charge in [-0.2, -0.15) is 0 Å². The minimum Gasteiger partial charge on any atom is -0.466 e. The molecule has 0 aliphatic rings. The second-order valence-corrected chi connectivity index (χ2v) is 4.45. The van der Waals surface area contributed by atoms with Gasteiger partial charge in [0.05, 0.1) is 12.1 Å². The van der Waals surface area contributed by atoms with Crippen LogP contribution in [0.5, 0.6) is 0 Å². The summed E-state index contributed by atoms with van der Waals surface area (Å²) in [6, 6.07) is 1.57. The Morgan fingerprint density at radius 2 is 2.18 bits per heavy atom. The van der Waals surface area contributed by atoms with Crippen LogP contribution >= 0.6 is 15.9 Å². The minimum atomic E-state index is -2.54. The van der Waals surface area contributed by atoms with Gasteiger partial charge in [-0.05, 0) is 19.9 Å². The van der Waals surface area contributed by atoms with Crippen LogP contribution in [-0.2, 0) is 0 Å². The van der Waals surface area contributed by atoms with Gasteiger partial charge in [0.15, 0.2) is 0 Å². The number of carbonyl (C=O) groups is 1. The van der Waals surface area contributed by atoms with E-state index in [4.69, 9.17) is 4.42 Å². The summed E-state index contributed by atoms with van der Waals surface area (Å²) in [5.74, 6) is 0.641. The lowest BCUT2D eigenvalue weighted by Gasteiger charge is -2.20. The van der Waals surface area contributed by atoms with Crippen molar-refractivity contribution in [3.8, 4) is 0 Å². The topological polar surface area (TPSA) is 33.5 Å². The fraction of sp³-hybridized carbons (Fsp3) is 0.545. The number of alkyl halides is 3. The van der Waals surface area contributed by atoms with Crippen molar-refractivity contribution >= 4 is 21.8 Å². The third kappa shape index (κ3) is 3.80. The molecule has 3 nitrogen and oxygen atoms in total. The van der Waals surface area contributed by atoms with Crippen LogP contribution in [-0.4, -0.2) is 35.7 Å². The maximum absolute atomic E-state index is 12.4. The van der Waals surface area contributed by atoms with Gasteiger partial charge in [-0.3, -0.25) is 4.79 Å². The lowest BCUT2D eigenvalue weighted by Crippen LogP contribution is -2.36. The van der Waals surface area contributed by atoms with E-state index in [2.05, 4.69) is 15.9 Å². The Morgan fingerprint density at radius 1 is 1.53 bits per heavy atom. The van der Waals surface area contributed by atoms with Crippen molar-refractivity contribution in [2.75, 3.05) is 18.4 Å². The third-order valence-electron chi connectivity index (χ3n) is 2.27. The number of hydrogen-bond acceptors (Lipinski definition) is 2. The summed E-state index contributed by atoms with van der Waals surface area (Å²) < 4.78 is 29.9. The number of hydrogen-bond donors (Lipinski definition) is 0. The van der Waals surface area contributed by atoms with Crippen LogP contribution in [0, 0.1) is 13.8 Å². The van der Waals surface area contributed by atoms with E-state index in [1.807, 2.05) is 0 Å². The van der Waals surface area contributed by atoms with Gasteiger partial charge >= 0.3 is 0 Å². The van der Waals surface area contributed by atoms with Gasteiger partial charge in [0.25, 0.3) is 12.3 Å². The number of halogens is 3. The molecule has 6 heteroatoms. The summed E-state index contributed by atoms with van der Waals surface area (Å²) in [4.78, 5) is 13.1. The van der Waals surface area contributed by atoms with Gasteiger partial charge in [-0.25, -0.2) is 8.78 Å². The summed E-state index contributed by atoms with van der Waals surface area (Å²) in [6.45, 7) is 3.04. The van der Waals surface area contributed by atoms with Crippen molar-refractivity contribution in [1.82, 2.24) is 4.90 Å². The summed E-state index contributed by atoms with van der Waals surface area (Å²) >= 11 is 3.14. The van der Waals surface area contributed by atoms with Gasteiger partial charge in [0.1, 0.15) is 11.5 Å². The fourth-order valence-electron chi connectivity index (χ4n) is 1.56. The summed E-state index contributed by atoms with van der Waals surface area (Å²) in [5, 5.41) is 0.460. The molecule has 1 heterocycles. The largest absolute Gasteiger partial charge is 0.466 e. The molecule has 17 heavy (non-hydrogen) atoms. The first-order valence-corrected chi connectivity index (χ1v) is 6.28. The minimum absolute atomic E-state index is 0.243. The van der Waals surface area contributed by atoms with E-state index in [0.29, 0.717) is 22.4 Å². The van der Waals surface area contributed by atoms with Crippen molar-refractivity contribution in [2.45, 2.75) is 20.3 Å². The van der Waals surface area contributed by atoms with Crippen LogP contribution in [0.25, 0.3) is 0 Å². The van der Waals surface area contributed by atoms with Crippen LogP contribution in [0.1, 0.15) is 21.9 Å². The van der Waals surface area contributed by atoms with E-state index in [-0.39, 0.29) is 6.54 Å². The highest BCUT2D eigenvalue weighted by Crippen LogP contribution is 2.16. The normalized spacial score (nSPS) is 10.9. The molecule has 1 rings (SSSR count). The summed E-state index contributed by atoms with van der Waals surface area (Å²) in [6.07, 6.45) is -2.54. The Balaban J connectivity index is 2.87. The maximum Gasteiger partial charge on any atom is 0.257 e. The number of aryl methyl sites for hydroxylation is 2. The Labute approximate surface area is 107 Å². The predicted octanol–water partition coefficient (Wildman–Crippen LogP) is 3.00. The average molecular weight is 310 g/mol. The first kappa shape index (κ1) is 14.2. The van der Waals surface area contributed by atoms with Crippen molar-refractivity contribution < 1.29 is 18.0 Å². The standard InChI is InChI=1S/C11H14BrF2NO2/c1-7-5-9(8(2)17-7)11(16)15(4-3-12)6-10(13)14/h5,10H,3-4,6H2,1-2H3. The van der Waals surface area contributed by atoms with Gasteiger partial charge < -0.3 is 9.32 Å². The van der Waals surface area contributed by atoms with Crippen molar-refractivity contribution in [3.63, 3.8) is 0 Å². The average Bonchev–Trinajstić information content (AvgIpc) is 2.55. The first-order valence-electron chi connectivity index (χ1n) is 5.16. The Bertz CT molecular complexity index is 393. The van der Waals surface area contributed by atoms with Crippen molar-refractivity contribution in [1.29, 1.82) is 0 Å². The zero-order valence-electron chi connectivity index (χ0n) is 9.67. The molecule has 0 unspecified atom stereocenters. The molecule has 0 saturated carbocycles. The van der Waals surface area contributed by atoms with E-state index in [1.165, 1.54) is 0 Å². The Kier molecular flexibility index (Phi) is 5.11. The maximum atomic E-state index is 12.4. The van der Waals surface area contributed by atoms with Crippen LogP contribution in [0.2, 0.25) is 0 Å². The molecular weight excluding hydrogens is 296 g/mol. The lowest BCUT2D eigenvalue weighted by atomic mass is 10.2.